The number of hydrogen-bond acceptors (Lipinski definition) is 4. The van der Waals surface area contributed by atoms with E-state index < -0.39 is 10.8 Å². The zero-order chi connectivity index (χ0) is 19.8. The highest BCUT2D eigenvalue weighted by Gasteiger charge is 2.25. The molecule has 6 nitrogen and oxygen atoms in total. The van der Waals surface area contributed by atoms with Crippen LogP contribution in [0.4, 0.5) is 5.69 Å². The van der Waals surface area contributed by atoms with Gasteiger partial charge in [-0.15, -0.1) is 0 Å². The number of hydrogen-bond donors (Lipinski definition) is 1. The zero-order valence-electron chi connectivity index (χ0n) is 15.7. The molecule has 1 aliphatic rings. The number of carbonyl (C=O) groups excluding carboxylic acids is 1. The van der Waals surface area contributed by atoms with Crippen molar-refractivity contribution in [3.63, 3.8) is 0 Å². The van der Waals surface area contributed by atoms with Crippen LogP contribution in [0, 0.1) is 13.8 Å². The SMILES string of the molecule is Cc1ccc(NC(=O)c2cnc3c(c(C)nn3C3CCS(=O)CC3)c2Cl)cc1. The van der Waals surface area contributed by atoms with Gasteiger partial charge in [0.25, 0.3) is 5.91 Å². The Morgan fingerprint density at radius 2 is 1.89 bits per heavy atom. The Balaban J connectivity index is 1.67. The van der Waals surface area contributed by atoms with Crippen LogP contribution >= 0.6 is 11.6 Å². The van der Waals surface area contributed by atoms with E-state index in [4.69, 9.17) is 11.6 Å². The molecular formula is C20H21ClN4O2S. The van der Waals surface area contributed by atoms with E-state index in [9.17, 15) is 9.00 Å². The minimum Gasteiger partial charge on any atom is -0.322 e. The zero-order valence-corrected chi connectivity index (χ0v) is 17.3. The third-order valence-electron chi connectivity index (χ3n) is 5.09. The topological polar surface area (TPSA) is 76.9 Å². The van der Waals surface area contributed by atoms with Gasteiger partial charge in [0.1, 0.15) is 0 Å². The van der Waals surface area contributed by atoms with Gasteiger partial charge in [0.2, 0.25) is 0 Å². The number of benzene rings is 1. The summed E-state index contributed by atoms with van der Waals surface area (Å²) in [5.74, 6) is 1.05. The Morgan fingerprint density at radius 3 is 2.57 bits per heavy atom. The molecule has 1 aromatic carbocycles. The minimum absolute atomic E-state index is 0.157. The number of nitrogens with zero attached hydrogens (tertiary/aromatic N) is 3. The summed E-state index contributed by atoms with van der Waals surface area (Å²) < 4.78 is 13.5. The van der Waals surface area contributed by atoms with Crippen LogP contribution in [0.2, 0.25) is 5.02 Å². The maximum Gasteiger partial charge on any atom is 0.258 e. The molecule has 1 saturated heterocycles. The predicted octanol–water partition coefficient (Wildman–Crippen LogP) is 4.04. The van der Waals surface area contributed by atoms with E-state index in [0.717, 1.165) is 24.1 Å². The summed E-state index contributed by atoms with van der Waals surface area (Å²) >= 11 is 6.61. The molecule has 0 unspecified atom stereocenters. The van der Waals surface area contributed by atoms with Gasteiger partial charge in [-0.2, -0.15) is 5.10 Å². The molecule has 1 amide bonds. The normalized spacial score (nSPS) is 19.7. The van der Waals surface area contributed by atoms with Gasteiger partial charge in [-0.25, -0.2) is 9.67 Å². The van der Waals surface area contributed by atoms with Crippen LogP contribution in [-0.4, -0.2) is 36.4 Å². The first-order chi connectivity index (χ1) is 13.4. The molecule has 0 spiro atoms. The fourth-order valence-corrected chi connectivity index (χ4v) is 5.14. The molecule has 0 radical (unpaired) electrons. The molecule has 146 valence electrons. The van der Waals surface area contributed by atoms with Crippen molar-refractivity contribution in [2.24, 2.45) is 0 Å². The summed E-state index contributed by atoms with van der Waals surface area (Å²) in [6.07, 6.45) is 3.11. The third-order valence-corrected chi connectivity index (χ3v) is 6.86. The molecule has 0 aliphatic carbocycles. The number of rotatable bonds is 3. The van der Waals surface area contributed by atoms with Gasteiger partial charge in [-0.05, 0) is 38.8 Å². The average Bonchev–Trinajstić information content (AvgIpc) is 3.02. The highest BCUT2D eigenvalue weighted by atomic mass is 35.5. The van der Waals surface area contributed by atoms with Crippen LogP contribution < -0.4 is 5.32 Å². The van der Waals surface area contributed by atoms with E-state index in [1.54, 1.807) is 0 Å². The van der Waals surface area contributed by atoms with E-state index >= 15 is 0 Å². The lowest BCUT2D eigenvalue weighted by atomic mass is 10.1. The first-order valence-corrected chi connectivity index (χ1v) is 11.1. The number of anilines is 1. The van der Waals surface area contributed by atoms with Gasteiger partial charge in [-0.1, -0.05) is 29.3 Å². The highest BCUT2D eigenvalue weighted by Crippen LogP contribution is 2.32. The number of aromatic nitrogens is 3. The van der Waals surface area contributed by atoms with Gasteiger partial charge in [0.05, 0.1) is 27.7 Å². The Morgan fingerprint density at radius 1 is 1.21 bits per heavy atom. The van der Waals surface area contributed by atoms with Crippen molar-refractivity contribution in [2.45, 2.75) is 32.7 Å². The number of nitrogens with one attached hydrogen (secondary N) is 1. The van der Waals surface area contributed by atoms with Crippen LogP contribution in [0.3, 0.4) is 0 Å². The Hall–Kier alpha value is -2.25. The van der Waals surface area contributed by atoms with Crippen molar-refractivity contribution in [1.82, 2.24) is 14.8 Å². The van der Waals surface area contributed by atoms with E-state index in [2.05, 4.69) is 15.4 Å². The van der Waals surface area contributed by atoms with Gasteiger partial charge < -0.3 is 5.32 Å². The largest absolute Gasteiger partial charge is 0.322 e. The van der Waals surface area contributed by atoms with E-state index in [1.165, 1.54) is 6.20 Å². The van der Waals surface area contributed by atoms with Crippen molar-refractivity contribution in [2.75, 3.05) is 16.8 Å². The molecule has 0 atom stereocenters. The molecule has 8 heteroatoms. The van der Waals surface area contributed by atoms with Gasteiger partial charge >= 0.3 is 0 Å². The molecule has 1 aliphatic heterocycles. The number of amides is 1. The smallest absolute Gasteiger partial charge is 0.258 e. The van der Waals surface area contributed by atoms with E-state index in [1.807, 2.05) is 42.8 Å². The fraction of sp³-hybridized carbons (Fsp3) is 0.350. The second-order valence-corrected chi connectivity index (χ2v) is 9.19. The Labute approximate surface area is 170 Å². The molecule has 1 fully saturated rings. The number of carbonyl (C=O) groups is 1. The van der Waals surface area contributed by atoms with E-state index in [-0.39, 0.29) is 11.9 Å². The van der Waals surface area contributed by atoms with Gasteiger partial charge in [-0.3, -0.25) is 9.00 Å². The standard InChI is InChI=1S/C20H21ClN4O2S/c1-12-3-5-14(6-4-12)23-20(26)16-11-22-19-17(18(16)21)13(2)24-25(19)15-7-9-28(27)10-8-15/h3-6,11,15H,7-10H2,1-2H3,(H,23,26). The molecule has 4 rings (SSSR count). The second-order valence-electron chi connectivity index (χ2n) is 7.11. The summed E-state index contributed by atoms with van der Waals surface area (Å²) in [4.78, 5) is 17.2. The maximum absolute atomic E-state index is 12.7. The van der Waals surface area contributed by atoms with Crippen molar-refractivity contribution in [3.05, 3.63) is 52.3 Å². The Bertz CT molecular complexity index is 1070. The van der Waals surface area contributed by atoms with Gasteiger partial charge in [0.15, 0.2) is 5.65 Å². The first kappa shape index (κ1) is 19.1. The van der Waals surface area contributed by atoms with Crippen LogP contribution in [0.25, 0.3) is 11.0 Å². The summed E-state index contributed by atoms with van der Waals surface area (Å²) in [5.41, 5.74) is 3.56. The lowest BCUT2D eigenvalue weighted by Gasteiger charge is -2.22. The molecule has 0 saturated carbocycles. The van der Waals surface area contributed by atoms with Crippen molar-refractivity contribution in [1.29, 1.82) is 0 Å². The summed E-state index contributed by atoms with van der Waals surface area (Å²) in [7, 11) is -0.737. The van der Waals surface area contributed by atoms with Crippen molar-refractivity contribution in [3.8, 4) is 0 Å². The lowest BCUT2D eigenvalue weighted by Crippen LogP contribution is -2.22. The fourth-order valence-electron chi connectivity index (χ4n) is 3.51. The van der Waals surface area contributed by atoms with Crippen LogP contribution in [-0.2, 0) is 10.8 Å². The molecule has 2 aromatic heterocycles. The third kappa shape index (κ3) is 3.56. The number of fused-ring (bicyclic) bond motifs is 1. The second kappa shape index (κ2) is 7.64. The molecule has 3 aromatic rings. The Kier molecular flexibility index (Phi) is 5.21. The minimum atomic E-state index is -0.737. The number of halogens is 1. The quantitative estimate of drug-likeness (QED) is 0.699. The highest BCUT2D eigenvalue weighted by molar-refractivity contribution is 7.85. The van der Waals surface area contributed by atoms with Crippen molar-refractivity contribution < 1.29 is 9.00 Å². The molecule has 1 N–H and O–H groups in total. The monoisotopic (exact) mass is 416 g/mol. The first-order valence-electron chi connectivity index (χ1n) is 9.20. The van der Waals surface area contributed by atoms with Crippen molar-refractivity contribution >= 4 is 45.0 Å². The number of pyridine rings is 1. The average molecular weight is 417 g/mol. The number of aryl methyl sites for hydroxylation is 2. The molecule has 28 heavy (non-hydrogen) atoms. The maximum atomic E-state index is 12.7. The summed E-state index contributed by atoms with van der Waals surface area (Å²) in [6, 6.07) is 7.73. The summed E-state index contributed by atoms with van der Waals surface area (Å²) in [5, 5.41) is 8.55. The summed E-state index contributed by atoms with van der Waals surface area (Å²) in [6.45, 7) is 3.86. The predicted molar refractivity (Wildman–Crippen MR) is 113 cm³/mol. The van der Waals surface area contributed by atoms with Crippen LogP contribution in [0.1, 0.15) is 40.5 Å². The molecular weight excluding hydrogens is 396 g/mol. The lowest BCUT2D eigenvalue weighted by molar-refractivity contribution is 0.102. The van der Waals surface area contributed by atoms with Crippen LogP contribution in [0.15, 0.2) is 30.5 Å². The van der Waals surface area contributed by atoms with Crippen LogP contribution in [0.5, 0.6) is 0 Å². The molecule has 0 bridgehead atoms. The molecule has 3 heterocycles. The van der Waals surface area contributed by atoms with Gasteiger partial charge in [0, 0.05) is 34.2 Å². The van der Waals surface area contributed by atoms with E-state index in [0.29, 0.717) is 38.8 Å².